The molecule has 0 bridgehead atoms. The minimum atomic E-state index is -0.185. The van der Waals surface area contributed by atoms with Gasteiger partial charge in [-0.2, -0.15) is 0 Å². The maximum atomic E-state index is 12.2. The first-order valence-corrected chi connectivity index (χ1v) is 10.9. The number of aromatic nitrogens is 2. The predicted molar refractivity (Wildman–Crippen MR) is 126 cm³/mol. The van der Waals surface area contributed by atoms with Crippen molar-refractivity contribution < 1.29 is 9.53 Å². The van der Waals surface area contributed by atoms with Gasteiger partial charge in [0.15, 0.2) is 0 Å². The van der Waals surface area contributed by atoms with Crippen LogP contribution in [0, 0.1) is 0 Å². The van der Waals surface area contributed by atoms with Crippen LogP contribution in [-0.2, 0) is 17.8 Å². The fourth-order valence-corrected chi connectivity index (χ4v) is 4.45. The first-order valence-electron chi connectivity index (χ1n) is 10.9. The average Bonchev–Trinajstić information content (AvgIpc) is 3.10. The van der Waals surface area contributed by atoms with Crippen molar-refractivity contribution in [2.45, 2.75) is 25.4 Å². The predicted octanol–water partition coefficient (Wildman–Crippen LogP) is 3.01. The second-order valence-corrected chi connectivity index (χ2v) is 8.65. The number of hydrogen-bond donors (Lipinski definition) is 2. The molecule has 0 unspecified atom stereocenters. The Kier molecular flexibility index (Phi) is 5.30. The molecule has 32 heavy (non-hydrogen) atoms. The summed E-state index contributed by atoms with van der Waals surface area (Å²) in [5.41, 5.74) is 5.16. The SMILES string of the molecule is COc1cc2c(cc1Nc1ncc3ccc(N[C@H]4CCN(C)C4=O)cc3n1)CN(C)CC2. The number of fused-ring (bicyclic) bond motifs is 2. The highest BCUT2D eigenvalue weighted by atomic mass is 16.5. The number of amides is 1. The molecule has 2 aliphatic heterocycles. The van der Waals surface area contributed by atoms with Gasteiger partial charge >= 0.3 is 0 Å². The molecule has 1 fully saturated rings. The summed E-state index contributed by atoms with van der Waals surface area (Å²) in [6, 6.07) is 9.97. The van der Waals surface area contributed by atoms with Gasteiger partial charge in [-0.3, -0.25) is 4.79 Å². The van der Waals surface area contributed by atoms with E-state index in [1.165, 1.54) is 11.1 Å². The Morgan fingerprint density at radius 3 is 2.78 bits per heavy atom. The monoisotopic (exact) mass is 432 g/mol. The van der Waals surface area contributed by atoms with Crippen molar-refractivity contribution in [3.63, 3.8) is 0 Å². The molecule has 0 aliphatic carbocycles. The number of nitrogens with one attached hydrogen (secondary N) is 2. The summed E-state index contributed by atoms with van der Waals surface area (Å²) in [7, 11) is 5.65. The molecule has 5 rings (SSSR count). The van der Waals surface area contributed by atoms with E-state index in [1.807, 2.05) is 31.4 Å². The standard InChI is InChI=1S/C24H28N6O2/c1-29-8-6-15-11-22(32-3)21(10-17(15)14-29)28-24-25-13-16-4-5-18(12-20(16)27-24)26-19-7-9-30(2)23(19)31/h4-5,10-13,19,26H,6-9,14H2,1-3H3,(H,25,27,28)/t19-/m0/s1. The van der Waals surface area contributed by atoms with Crippen LogP contribution in [0.15, 0.2) is 36.5 Å². The van der Waals surface area contributed by atoms with E-state index in [2.05, 4.69) is 39.7 Å². The summed E-state index contributed by atoms with van der Waals surface area (Å²) in [5, 5.41) is 7.62. The average molecular weight is 433 g/mol. The van der Waals surface area contributed by atoms with Crippen LogP contribution in [0.1, 0.15) is 17.5 Å². The smallest absolute Gasteiger partial charge is 0.244 e. The largest absolute Gasteiger partial charge is 0.495 e. The van der Waals surface area contributed by atoms with Crippen molar-refractivity contribution in [3.8, 4) is 5.75 Å². The van der Waals surface area contributed by atoms with Gasteiger partial charge in [0.2, 0.25) is 11.9 Å². The summed E-state index contributed by atoms with van der Waals surface area (Å²) in [6.45, 7) is 2.74. The van der Waals surface area contributed by atoms with Crippen LogP contribution in [0.5, 0.6) is 5.75 Å². The fraction of sp³-hybridized carbons (Fsp3) is 0.375. The summed E-state index contributed by atoms with van der Waals surface area (Å²) in [6.07, 6.45) is 3.63. The molecule has 3 aromatic rings. The van der Waals surface area contributed by atoms with E-state index in [0.717, 1.165) is 60.5 Å². The molecular weight excluding hydrogens is 404 g/mol. The number of benzene rings is 2. The van der Waals surface area contributed by atoms with Crippen molar-refractivity contribution in [1.82, 2.24) is 19.8 Å². The van der Waals surface area contributed by atoms with Crippen LogP contribution in [-0.4, -0.2) is 66.0 Å². The van der Waals surface area contributed by atoms with Crippen molar-refractivity contribution in [1.29, 1.82) is 0 Å². The number of rotatable bonds is 5. The second-order valence-electron chi connectivity index (χ2n) is 8.65. The van der Waals surface area contributed by atoms with Crippen molar-refractivity contribution >= 4 is 34.1 Å². The molecule has 1 aromatic heterocycles. The highest BCUT2D eigenvalue weighted by molar-refractivity contribution is 5.88. The second kappa shape index (κ2) is 8.27. The van der Waals surface area contributed by atoms with E-state index >= 15 is 0 Å². The van der Waals surface area contributed by atoms with Crippen molar-refractivity contribution in [2.75, 3.05) is 44.9 Å². The Labute approximate surface area is 187 Å². The molecule has 1 atom stereocenters. The number of nitrogens with zero attached hydrogens (tertiary/aromatic N) is 4. The number of ether oxygens (including phenoxy) is 1. The summed E-state index contributed by atoms with van der Waals surface area (Å²) >= 11 is 0. The highest BCUT2D eigenvalue weighted by Crippen LogP contribution is 2.33. The molecule has 2 aliphatic rings. The van der Waals surface area contributed by atoms with E-state index < -0.39 is 0 Å². The molecule has 166 valence electrons. The van der Waals surface area contributed by atoms with Crippen LogP contribution >= 0.6 is 0 Å². The maximum absolute atomic E-state index is 12.2. The first-order chi connectivity index (χ1) is 15.5. The quantitative estimate of drug-likeness (QED) is 0.641. The van der Waals surface area contributed by atoms with E-state index in [4.69, 9.17) is 9.72 Å². The summed E-state index contributed by atoms with van der Waals surface area (Å²) < 4.78 is 5.63. The van der Waals surface area contributed by atoms with Gasteiger partial charge in [-0.15, -0.1) is 0 Å². The first kappa shape index (κ1) is 20.5. The van der Waals surface area contributed by atoms with Crippen LogP contribution < -0.4 is 15.4 Å². The number of hydrogen-bond acceptors (Lipinski definition) is 7. The number of carbonyl (C=O) groups excluding carboxylic acids is 1. The number of likely N-dealkylation sites (N-methyl/N-ethyl adjacent to an activating group) is 2. The minimum Gasteiger partial charge on any atom is -0.495 e. The van der Waals surface area contributed by atoms with Crippen LogP contribution in [0.4, 0.5) is 17.3 Å². The van der Waals surface area contributed by atoms with Crippen LogP contribution in [0.25, 0.3) is 10.9 Å². The molecule has 8 nitrogen and oxygen atoms in total. The third-order valence-electron chi connectivity index (χ3n) is 6.32. The Balaban J connectivity index is 1.41. The van der Waals surface area contributed by atoms with Gasteiger partial charge in [0.25, 0.3) is 0 Å². The van der Waals surface area contributed by atoms with Crippen molar-refractivity contribution in [3.05, 3.63) is 47.7 Å². The van der Waals surface area contributed by atoms with Crippen LogP contribution in [0.3, 0.4) is 0 Å². The normalized spacial score (nSPS) is 18.7. The lowest BCUT2D eigenvalue weighted by Gasteiger charge is -2.26. The fourth-order valence-electron chi connectivity index (χ4n) is 4.45. The molecule has 1 saturated heterocycles. The molecule has 2 N–H and O–H groups in total. The molecule has 3 heterocycles. The lowest BCUT2D eigenvalue weighted by atomic mass is 9.99. The number of methoxy groups -OCH3 is 1. The minimum absolute atomic E-state index is 0.125. The Morgan fingerprint density at radius 2 is 2.00 bits per heavy atom. The van der Waals surface area contributed by atoms with E-state index in [1.54, 1.807) is 12.0 Å². The lowest BCUT2D eigenvalue weighted by molar-refractivity contribution is -0.127. The van der Waals surface area contributed by atoms with Crippen molar-refractivity contribution in [2.24, 2.45) is 0 Å². The molecular formula is C24H28N6O2. The molecule has 0 radical (unpaired) electrons. The van der Waals surface area contributed by atoms with Gasteiger partial charge in [0, 0.05) is 44.0 Å². The third-order valence-corrected chi connectivity index (χ3v) is 6.32. The molecule has 0 saturated carbocycles. The molecule has 0 spiro atoms. The Hall–Kier alpha value is -3.39. The van der Waals surface area contributed by atoms with Crippen LogP contribution in [0.2, 0.25) is 0 Å². The molecule has 8 heteroatoms. The van der Waals surface area contributed by atoms with Gasteiger partial charge in [-0.25, -0.2) is 9.97 Å². The van der Waals surface area contributed by atoms with E-state index in [-0.39, 0.29) is 11.9 Å². The summed E-state index contributed by atoms with van der Waals surface area (Å²) in [5.74, 6) is 1.42. The maximum Gasteiger partial charge on any atom is 0.244 e. The number of likely N-dealkylation sites (tertiary alicyclic amines) is 1. The van der Waals surface area contributed by atoms with Gasteiger partial charge in [-0.1, -0.05) is 0 Å². The zero-order chi connectivity index (χ0) is 22.2. The number of carbonyl (C=O) groups is 1. The zero-order valence-corrected chi connectivity index (χ0v) is 18.7. The Bertz CT molecular complexity index is 1180. The molecule has 2 aromatic carbocycles. The van der Waals surface area contributed by atoms with Gasteiger partial charge in [0.05, 0.1) is 18.3 Å². The topological polar surface area (TPSA) is 82.6 Å². The lowest BCUT2D eigenvalue weighted by Crippen LogP contribution is -2.30. The van der Waals surface area contributed by atoms with E-state index in [9.17, 15) is 4.79 Å². The molecule has 1 amide bonds. The highest BCUT2D eigenvalue weighted by Gasteiger charge is 2.28. The van der Waals surface area contributed by atoms with Gasteiger partial charge < -0.3 is 25.2 Å². The van der Waals surface area contributed by atoms with Gasteiger partial charge in [0.1, 0.15) is 11.8 Å². The van der Waals surface area contributed by atoms with Gasteiger partial charge in [-0.05, 0) is 61.3 Å². The zero-order valence-electron chi connectivity index (χ0n) is 18.7. The van der Waals surface area contributed by atoms with E-state index in [0.29, 0.717) is 5.95 Å². The Morgan fingerprint density at radius 1 is 1.12 bits per heavy atom. The summed E-state index contributed by atoms with van der Waals surface area (Å²) in [4.78, 5) is 25.5. The number of anilines is 3. The third kappa shape index (κ3) is 3.93.